The minimum Gasteiger partial charge on any atom is -0.372 e. The highest BCUT2D eigenvalue weighted by Crippen LogP contribution is 2.28. The number of benzene rings is 1. The van der Waals surface area contributed by atoms with E-state index in [-0.39, 0.29) is 5.91 Å². The SMILES string of the molecule is O=C(CC1CCCC1)N1CCN(C(=O)CS(=O)(=O)Nc2ccc(N3CCCCC3)cc2)CC1. The lowest BCUT2D eigenvalue weighted by atomic mass is 10.0. The molecular formula is C24H36N4O4S. The predicted octanol–water partition coefficient (Wildman–Crippen LogP) is 2.67. The van der Waals surface area contributed by atoms with Gasteiger partial charge in [-0.1, -0.05) is 12.8 Å². The molecule has 1 N–H and O–H groups in total. The van der Waals surface area contributed by atoms with Crippen molar-refractivity contribution in [3.05, 3.63) is 24.3 Å². The van der Waals surface area contributed by atoms with Gasteiger partial charge in [-0.05, 0) is 62.3 Å². The molecule has 4 rings (SSSR count). The maximum atomic E-state index is 12.6. The number of amides is 2. The topological polar surface area (TPSA) is 90.0 Å². The Morgan fingerprint density at radius 2 is 1.36 bits per heavy atom. The van der Waals surface area contributed by atoms with Crippen molar-refractivity contribution < 1.29 is 18.0 Å². The van der Waals surface area contributed by atoms with Crippen molar-refractivity contribution in [3.8, 4) is 0 Å². The zero-order valence-electron chi connectivity index (χ0n) is 19.4. The van der Waals surface area contributed by atoms with Crippen LogP contribution in [0, 0.1) is 5.92 Å². The summed E-state index contributed by atoms with van der Waals surface area (Å²) in [6, 6.07) is 7.35. The normalized spacial score (nSPS) is 20.2. The molecule has 2 heterocycles. The summed E-state index contributed by atoms with van der Waals surface area (Å²) in [6.07, 6.45) is 8.92. The van der Waals surface area contributed by atoms with Crippen LogP contribution in [0.1, 0.15) is 51.4 Å². The van der Waals surface area contributed by atoms with Gasteiger partial charge in [-0.3, -0.25) is 14.3 Å². The Bertz CT molecular complexity index is 914. The van der Waals surface area contributed by atoms with Crippen molar-refractivity contribution in [2.75, 3.05) is 54.6 Å². The van der Waals surface area contributed by atoms with Crippen molar-refractivity contribution in [3.63, 3.8) is 0 Å². The second kappa shape index (κ2) is 10.8. The fourth-order valence-electron chi connectivity index (χ4n) is 5.16. The monoisotopic (exact) mass is 476 g/mol. The van der Waals surface area contributed by atoms with E-state index in [2.05, 4.69) is 9.62 Å². The molecule has 3 aliphatic rings. The lowest BCUT2D eigenvalue weighted by Gasteiger charge is -2.35. The van der Waals surface area contributed by atoms with Gasteiger partial charge >= 0.3 is 0 Å². The standard InChI is InChI=1S/C24H36N4O4S/c29-23(18-20-6-2-3-7-20)27-14-16-28(17-15-27)24(30)19-33(31,32)25-21-8-10-22(11-9-21)26-12-4-1-5-13-26/h8-11,20,25H,1-7,12-19H2. The molecule has 1 aromatic carbocycles. The molecule has 0 spiro atoms. The molecule has 1 aliphatic carbocycles. The Balaban J connectivity index is 1.23. The van der Waals surface area contributed by atoms with Crippen LogP contribution >= 0.6 is 0 Å². The van der Waals surface area contributed by atoms with Gasteiger partial charge in [0.15, 0.2) is 0 Å². The number of carbonyl (C=O) groups excluding carboxylic acids is 2. The maximum Gasteiger partial charge on any atom is 0.241 e. The molecule has 182 valence electrons. The van der Waals surface area contributed by atoms with E-state index in [0.29, 0.717) is 44.2 Å². The van der Waals surface area contributed by atoms with Gasteiger partial charge in [0, 0.05) is 57.1 Å². The van der Waals surface area contributed by atoms with Gasteiger partial charge < -0.3 is 14.7 Å². The number of nitrogens with zero attached hydrogens (tertiary/aromatic N) is 3. The van der Waals surface area contributed by atoms with Crippen molar-refractivity contribution in [1.82, 2.24) is 9.80 Å². The third-order valence-corrected chi connectivity index (χ3v) is 8.27. The number of piperidine rings is 1. The van der Waals surface area contributed by atoms with Gasteiger partial charge in [-0.2, -0.15) is 0 Å². The predicted molar refractivity (Wildman–Crippen MR) is 130 cm³/mol. The zero-order valence-corrected chi connectivity index (χ0v) is 20.2. The molecule has 0 radical (unpaired) electrons. The number of carbonyl (C=O) groups is 2. The molecule has 2 saturated heterocycles. The van der Waals surface area contributed by atoms with Crippen LogP contribution in [0.15, 0.2) is 24.3 Å². The number of hydrogen-bond acceptors (Lipinski definition) is 5. The van der Waals surface area contributed by atoms with Crippen LogP contribution in [0.5, 0.6) is 0 Å². The highest BCUT2D eigenvalue weighted by molar-refractivity contribution is 7.93. The Labute approximate surface area is 197 Å². The van der Waals surface area contributed by atoms with E-state index < -0.39 is 21.7 Å². The van der Waals surface area contributed by atoms with E-state index in [4.69, 9.17) is 0 Å². The Morgan fingerprint density at radius 3 is 1.97 bits per heavy atom. The molecule has 0 atom stereocenters. The molecule has 9 heteroatoms. The summed E-state index contributed by atoms with van der Waals surface area (Å²) in [5.41, 5.74) is 1.56. The van der Waals surface area contributed by atoms with Crippen molar-refractivity contribution in [1.29, 1.82) is 0 Å². The molecule has 2 aliphatic heterocycles. The minimum atomic E-state index is -3.80. The van der Waals surface area contributed by atoms with Crippen LogP contribution in [-0.2, 0) is 19.6 Å². The zero-order chi connectivity index (χ0) is 23.3. The molecule has 1 aromatic rings. The first-order chi connectivity index (χ1) is 15.9. The van der Waals surface area contributed by atoms with Gasteiger partial charge in [0.25, 0.3) is 0 Å². The molecule has 0 aromatic heterocycles. The summed E-state index contributed by atoms with van der Waals surface area (Å²) < 4.78 is 27.7. The summed E-state index contributed by atoms with van der Waals surface area (Å²) in [6.45, 7) is 3.77. The fraction of sp³-hybridized carbons (Fsp3) is 0.667. The second-order valence-corrected chi connectivity index (χ2v) is 11.3. The van der Waals surface area contributed by atoms with E-state index in [1.807, 2.05) is 17.0 Å². The quantitative estimate of drug-likeness (QED) is 0.654. The van der Waals surface area contributed by atoms with Gasteiger partial charge in [0.2, 0.25) is 21.8 Å². The number of sulfonamides is 1. The van der Waals surface area contributed by atoms with E-state index >= 15 is 0 Å². The Hall–Kier alpha value is -2.29. The molecule has 1 saturated carbocycles. The fourth-order valence-corrected chi connectivity index (χ4v) is 6.23. The number of anilines is 2. The van der Waals surface area contributed by atoms with Gasteiger partial charge in [-0.25, -0.2) is 8.42 Å². The van der Waals surface area contributed by atoms with Crippen LogP contribution in [0.4, 0.5) is 11.4 Å². The van der Waals surface area contributed by atoms with Crippen molar-refractivity contribution in [2.24, 2.45) is 5.92 Å². The third kappa shape index (κ3) is 6.62. The highest BCUT2D eigenvalue weighted by Gasteiger charge is 2.28. The molecule has 0 unspecified atom stereocenters. The van der Waals surface area contributed by atoms with Crippen LogP contribution < -0.4 is 9.62 Å². The largest absolute Gasteiger partial charge is 0.372 e. The smallest absolute Gasteiger partial charge is 0.241 e. The van der Waals surface area contributed by atoms with E-state index in [1.165, 1.54) is 32.1 Å². The first-order valence-electron chi connectivity index (χ1n) is 12.3. The van der Waals surface area contributed by atoms with Crippen LogP contribution in [-0.4, -0.2) is 75.1 Å². The number of hydrogen-bond donors (Lipinski definition) is 1. The molecule has 0 bridgehead atoms. The van der Waals surface area contributed by atoms with Gasteiger partial charge in [-0.15, -0.1) is 0 Å². The summed E-state index contributed by atoms with van der Waals surface area (Å²) in [4.78, 5) is 30.8. The van der Waals surface area contributed by atoms with E-state index in [0.717, 1.165) is 31.6 Å². The first kappa shape index (κ1) is 23.9. The molecule has 3 fully saturated rings. The number of rotatable bonds is 7. The number of piperazine rings is 1. The minimum absolute atomic E-state index is 0.163. The molecule has 2 amide bonds. The Morgan fingerprint density at radius 1 is 0.788 bits per heavy atom. The molecular weight excluding hydrogens is 440 g/mol. The summed E-state index contributed by atoms with van der Waals surface area (Å²) >= 11 is 0. The molecule has 33 heavy (non-hydrogen) atoms. The van der Waals surface area contributed by atoms with Crippen molar-refractivity contribution >= 4 is 33.2 Å². The number of nitrogens with one attached hydrogen (secondary N) is 1. The maximum absolute atomic E-state index is 12.6. The van der Waals surface area contributed by atoms with Gasteiger partial charge in [0.05, 0.1) is 0 Å². The lowest BCUT2D eigenvalue weighted by molar-refractivity contribution is -0.138. The average Bonchev–Trinajstić information content (AvgIpc) is 3.33. The van der Waals surface area contributed by atoms with Crippen LogP contribution in [0.25, 0.3) is 0 Å². The Kier molecular flexibility index (Phi) is 7.78. The van der Waals surface area contributed by atoms with E-state index in [1.54, 1.807) is 17.0 Å². The second-order valence-electron chi connectivity index (χ2n) is 9.57. The first-order valence-corrected chi connectivity index (χ1v) is 14.0. The average molecular weight is 477 g/mol. The third-order valence-electron chi connectivity index (χ3n) is 7.10. The summed E-state index contributed by atoms with van der Waals surface area (Å²) in [5.74, 6) is -0.342. The lowest BCUT2D eigenvalue weighted by Crippen LogP contribution is -2.52. The summed E-state index contributed by atoms with van der Waals surface area (Å²) in [7, 11) is -3.80. The highest BCUT2D eigenvalue weighted by atomic mass is 32.2. The molecule has 8 nitrogen and oxygen atoms in total. The summed E-state index contributed by atoms with van der Waals surface area (Å²) in [5, 5.41) is 0. The van der Waals surface area contributed by atoms with Crippen LogP contribution in [0.3, 0.4) is 0 Å². The van der Waals surface area contributed by atoms with Crippen molar-refractivity contribution in [2.45, 2.75) is 51.4 Å². The van der Waals surface area contributed by atoms with Crippen LogP contribution in [0.2, 0.25) is 0 Å². The van der Waals surface area contributed by atoms with Gasteiger partial charge in [0.1, 0.15) is 5.75 Å². The van der Waals surface area contributed by atoms with E-state index in [9.17, 15) is 18.0 Å².